The van der Waals surface area contributed by atoms with Crippen molar-refractivity contribution in [3.8, 4) is 5.75 Å². The maximum Gasteiger partial charge on any atom is 0.257 e. The van der Waals surface area contributed by atoms with Crippen LogP contribution in [0.3, 0.4) is 0 Å². The fourth-order valence-corrected chi connectivity index (χ4v) is 3.83. The Labute approximate surface area is 146 Å². The highest BCUT2D eigenvalue weighted by atomic mass is 35.5. The molecule has 2 fully saturated rings. The smallest absolute Gasteiger partial charge is 0.257 e. The number of carbonyl (C=O) groups excluding carboxylic acids is 1. The van der Waals surface area contributed by atoms with Gasteiger partial charge in [0.2, 0.25) is 0 Å². The summed E-state index contributed by atoms with van der Waals surface area (Å²) in [6.07, 6.45) is 2.17. The second-order valence-corrected chi connectivity index (χ2v) is 6.66. The standard InChI is InChI=1S/C15H18Cl2N2O2.ClH/c1-21-14-5-12(17)11(16)4-9(14)15(20)19-6-8-2-3-13(18)10(8)7-19;/h4-5,8,10,13H,2-3,6-7,18H2,1H3;1H. The van der Waals surface area contributed by atoms with Gasteiger partial charge >= 0.3 is 0 Å². The number of amides is 1. The Morgan fingerprint density at radius 3 is 2.59 bits per heavy atom. The third kappa shape index (κ3) is 3.02. The third-order valence-corrected chi connectivity index (χ3v) is 5.39. The number of fused-ring (bicyclic) bond motifs is 1. The number of rotatable bonds is 2. The predicted octanol–water partition coefficient (Wildman–Crippen LogP) is 3.23. The van der Waals surface area contributed by atoms with Crippen LogP contribution < -0.4 is 10.5 Å². The number of nitrogens with two attached hydrogens (primary N) is 1. The van der Waals surface area contributed by atoms with Gasteiger partial charge in [-0.05, 0) is 30.7 Å². The van der Waals surface area contributed by atoms with Crippen LogP contribution >= 0.6 is 35.6 Å². The van der Waals surface area contributed by atoms with Gasteiger partial charge < -0.3 is 15.4 Å². The largest absolute Gasteiger partial charge is 0.496 e. The van der Waals surface area contributed by atoms with Crippen LogP contribution in [0.25, 0.3) is 0 Å². The topological polar surface area (TPSA) is 55.6 Å². The summed E-state index contributed by atoms with van der Waals surface area (Å²) < 4.78 is 5.26. The zero-order valence-electron chi connectivity index (χ0n) is 12.2. The molecule has 3 unspecified atom stereocenters. The van der Waals surface area contributed by atoms with Gasteiger partial charge in [-0.25, -0.2) is 0 Å². The molecule has 7 heteroatoms. The van der Waals surface area contributed by atoms with Crippen molar-refractivity contribution in [1.29, 1.82) is 0 Å². The second-order valence-electron chi connectivity index (χ2n) is 5.84. The van der Waals surface area contributed by atoms with Crippen molar-refractivity contribution in [3.05, 3.63) is 27.7 Å². The summed E-state index contributed by atoms with van der Waals surface area (Å²) in [6, 6.07) is 3.38. The van der Waals surface area contributed by atoms with Gasteiger partial charge in [0, 0.05) is 25.2 Å². The first-order valence-corrected chi connectivity index (χ1v) is 7.84. The predicted molar refractivity (Wildman–Crippen MR) is 90.4 cm³/mol. The molecule has 3 rings (SSSR count). The van der Waals surface area contributed by atoms with Crippen LogP contribution in [0.2, 0.25) is 10.0 Å². The van der Waals surface area contributed by atoms with E-state index >= 15 is 0 Å². The van der Waals surface area contributed by atoms with Crippen molar-refractivity contribution >= 4 is 41.5 Å². The van der Waals surface area contributed by atoms with Crippen LogP contribution in [0.15, 0.2) is 12.1 Å². The van der Waals surface area contributed by atoms with Crippen LogP contribution in [0.4, 0.5) is 0 Å². The Kier molecular flexibility index (Phi) is 5.49. The summed E-state index contributed by atoms with van der Waals surface area (Å²) in [4.78, 5) is 14.6. The summed E-state index contributed by atoms with van der Waals surface area (Å²) in [5, 5.41) is 0.738. The average Bonchev–Trinajstić information content (AvgIpc) is 3.03. The lowest BCUT2D eigenvalue weighted by Gasteiger charge is -2.20. The van der Waals surface area contributed by atoms with E-state index in [0.29, 0.717) is 39.7 Å². The number of halogens is 3. The number of hydrogen-bond donors (Lipinski definition) is 1. The zero-order valence-corrected chi connectivity index (χ0v) is 14.5. The van der Waals surface area contributed by atoms with E-state index in [0.717, 1.165) is 19.4 Å². The average molecular weight is 366 g/mol. The van der Waals surface area contributed by atoms with E-state index in [4.69, 9.17) is 33.7 Å². The van der Waals surface area contributed by atoms with Crippen LogP contribution in [0, 0.1) is 11.8 Å². The van der Waals surface area contributed by atoms with Crippen molar-refractivity contribution in [1.82, 2.24) is 4.90 Å². The molecule has 2 N–H and O–H groups in total. The van der Waals surface area contributed by atoms with Crippen LogP contribution in [0.1, 0.15) is 23.2 Å². The van der Waals surface area contributed by atoms with Crippen LogP contribution in [0.5, 0.6) is 5.75 Å². The minimum atomic E-state index is -0.0629. The van der Waals surface area contributed by atoms with E-state index in [1.54, 1.807) is 12.1 Å². The van der Waals surface area contributed by atoms with Gasteiger partial charge in [0.1, 0.15) is 5.75 Å². The number of methoxy groups -OCH3 is 1. The molecule has 22 heavy (non-hydrogen) atoms. The summed E-state index contributed by atoms with van der Waals surface area (Å²) >= 11 is 12.0. The molecule has 0 radical (unpaired) electrons. The van der Waals surface area contributed by atoms with Crippen molar-refractivity contribution < 1.29 is 9.53 Å². The molecule has 0 bridgehead atoms. The van der Waals surface area contributed by atoms with Gasteiger partial charge in [0.15, 0.2) is 0 Å². The van der Waals surface area contributed by atoms with Gasteiger partial charge in [-0.2, -0.15) is 0 Å². The number of nitrogens with zero attached hydrogens (tertiary/aromatic N) is 1. The van der Waals surface area contributed by atoms with Crippen molar-refractivity contribution in [3.63, 3.8) is 0 Å². The Morgan fingerprint density at radius 1 is 1.27 bits per heavy atom. The monoisotopic (exact) mass is 364 g/mol. The SMILES string of the molecule is COc1cc(Cl)c(Cl)cc1C(=O)N1CC2CCC(N)C2C1.Cl. The molecule has 1 aromatic rings. The molecule has 1 aliphatic carbocycles. The number of carbonyl (C=O) groups is 1. The van der Waals surface area contributed by atoms with Gasteiger partial charge in [0.25, 0.3) is 5.91 Å². The minimum absolute atomic E-state index is 0. The van der Waals surface area contributed by atoms with Gasteiger partial charge in [-0.3, -0.25) is 4.79 Å². The lowest BCUT2D eigenvalue weighted by Crippen LogP contribution is -2.33. The van der Waals surface area contributed by atoms with E-state index in [1.807, 2.05) is 4.90 Å². The highest BCUT2D eigenvalue weighted by molar-refractivity contribution is 6.42. The summed E-state index contributed by atoms with van der Waals surface area (Å²) in [7, 11) is 1.52. The van der Waals surface area contributed by atoms with Gasteiger partial charge in [-0.15, -0.1) is 12.4 Å². The normalized spacial score (nSPS) is 26.5. The van der Waals surface area contributed by atoms with Crippen molar-refractivity contribution in [2.24, 2.45) is 17.6 Å². The van der Waals surface area contributed by atoms with E-state index < -0.39 is 0 Å². The van der Waals surface area contributed by atoms with E-state index in [-0.39, 0.29) is 24.4 Å². The Hall–Kier alpha value is -0.680. The maximum atomic E-state index is 12.7. The zero-order chi connectivity index (χ0) is 15.1. The molecular formula is C15H19Cl3N2O2. The summed E-state index contributed by atoms with van der Waals surface area (Å²) in [5.41, 5.74) is 6.58. The highest BCUT2D eigenvalue weighted by Crippen LogP contribution is 2.39. The highest BCUT2D eigenvalue weighted by Gasteiger charge is 2.43. The molecule has 1 aromatic carbocycles. The van der Waals surface area contributed by atoms with Gasteiger partial charge in [-0.1, -0.05) is 23.2 Å². The molecule has 3 atom stereocenters. The quantitative estimate of drug-likeness (QED) is 0.875. The van der Waals surface area contributed by atoms with Crippen LogP contribution in [-0.2, 0) is 0 Å². The lowest BCUT2D eigenvalue weighted by atomic mass is 9.98. The number of benzene rings is 1. The Balaban J connectivity index is 0.00000176. The molecule has 1 amide bonds. The first kappa shape index (κ1) is 17.7. The van der Waals surface area contributed by atoms with E-state index in [9.17, 15) is 4.79 Å². The first-order chi connectivity index (χ1) is 10.0. The maximum absolute atomic E-state index is 12.7. The molecule has 2 aliphatic rings. The number of ether oxygens (including phenoxy) is 1. The molecular weight excluding hydrogens is 347 g/mol. The minimum Gasteiger partial charge on any atom is -0.496 e. The Bertz CT molecular complexity index is 582. The number of hydrogen-bond acceptors (Lipinski definition) is 3. The Morgan fingerprint density at radius 2 is 1.95 bits per heavy atom. The molecule has 0 spiro atoms. The lowest BCUT2D eigenvalue weighted by molar-refractivity contribution is 0.0776. The fourth-order valence-electron chi connectivity index (χ4n) is 3.51. The molecule has 4 nitrogen and oxygen atoms in total. The summed E-state index contributed by atoms with van der Waals surface area (Å²) in [6.45, 7) is 1.48. The molecule has 1 saturated carbocycles. The summed E-state index contributed by atoms with van der Waals surface area (Å²) in [5.74, 6) is 1.34. The fraction of sp³-hybridized carbons (Fsp3) is 0.533. The van der Waals surface area contributed by atoms with Gasteiger partial charge in [0.05, 0.1) is 22.7 Å². The molecule has 1 aliphatic heterocycles. The van der Waals surface area contributed by atoms with E-state index in [1.165, 1.54) is 7.11 Å². The molecule has 1 heterocycles. The van der Waals surface area contributed by atoms with Crippen LogP contribution in [-0.4, -0.2) is 37.0 Å². The van der Waals surface area contributed by atoms with Crippen molar-refractivity contribution in [2.75, 3.05) is 20.2 Å². The first-order valence-electron chi connectivity index (χ1n) is 7.09. The third-order valence-electron chi connectivity index (χ3n) is 4.67. The second kappa shape index (κ2) is 6.83. The number of likely N-dealkylation sites (tertiary alicyclic amines) is 1. The molecule has 0 aromatic heterocycles. The van der Waals surface area contributed by atoms with Crippen molar-refractivity contribution in [2.45, 2.75) is 18.9 Å². The van der Waals surface area contributed by atoms with E-state index in [2.05, 4.69) is 0 Å². The molecule has 122 valence electrons. The molecule has 1 saturated heterocycles.